The van der Waals surface area contributed by atoms with E-state index in [9.17, 15) is 9.59 Å². The molecule has 0 aliphatic heterocycles. The van der Waals surface area contributed by atoms with Gasteiger partial charge < -0.3 is 14.8 Å². The maximum absolute atomic E-state index is 12.1. The molecule has 5 heteroatoms. The zero-order valence-corrected chi connectivity index (χ0v) is 15.0. The number of esters is 1. The molecule has 0 radical (unpaired) electrons. The minimum atomic E-state index is -0.400. The van der Waals surface area contributed by atoms with Gasteiger partial charge in [-0.25, -0.2) is 4.79 Å². The van der Waals surface area contributed by atoms with Gasteiger partial charge in [-0.15, -0.1) is 0 Å². The molecule has 0 saturated carbocycles. The van der Waals surface area contributed by atoms with Crippen molar-refractivity contribution in [1.82, 2.24) is 0 Å². The van der Waals surface area contributed by atoms with E-state index in [2.05, 4.69) is 5.32 Å². The third-order valence-corrected chi connectivity index (χ3v) is 3.95. The molecule has 0 fully saturated rings. The van der Waals surface area contributed by atoms with Crippen LogP contribution in [0.2, 0.25) is 0 Å². The molecule has 0 aliphatic carbocycles. The molecule has 1 N–H and O–H groups in total. The van der Waals surface area contributed by atoms with Crippen LogP contribution in [0, 0.1) is 20.8 Å². The smallest absolute Gasteiger partial charge is 0.338 e. The molecular weight excluding hydrogens is 318 g/mol. The lowest BCUT2D eigenvalue weighted by Crippen LogP contribution is -2.21. The van der Waals surface area contributed by atoms with Crippen molar-refractivity contribution in [3.05, 3.63) is 58.7 Å². The fraction of sp³-hybridized carbons (Fsp3) is 0.300. The van der Waals surface area contributed by atoms with Gasteiger partial charge >= 0.3 is 5.97 Å². The van der Waals surface area contributed by atoms with E-state index in [0.29, 0.717) is 29.2 Å². The molecular formula is C20H23NO4. The quantitative estimate of drug-likeness (QED) is 0.812. The van der Waals surface area contributed by atoms with Gasteiger partial charge in [-0.3, -0.25) is 4.79 Å². The highest BCUT2D eigenvalue weighted by Crippen LogP contribution is 2.20. The van der Waals surface area contributed by atoms with Gasteiger partial charge in [-0.05, 0) is 68.7 Å². The van der Waals surface area contributed by atoms with Crippen LogP contribution in [0.1, 0.15) is 34.0 Å². The molecule has 1 amide bonds. The van der Waals surface area contributed by atoms with Gasteiger partial charge in [0.25, 0.3) is 5.91 Å². The zero-order valence-electron chi connectivity index (χ0n) is 15.0. The Hall–Kier alpha value is -2.82. The summed E-state index contributed by atoms with van der Waals surface area (Å²) in [7, 11) is 0. The first-order valence-electron chi connectivity index (χ1n) is 8.19. The van der Waals surface area contributed by atoms with Crippen LogP contribution in [0.25, 0.3) is 0 Å². The summed E-state index contributed by atoms with van der Waals surface area (Å²) in [4.78, 5) is 24.1. The number of hydrogen-bond acceptors (Lipinski definition) is 4. The van der Waals surface area contributed by atoms with Crippen molar-refractivity contribution in [3.8, 4) is 5.75 Å². The number of anilines is 1. The lowest BCUT2D eigenvalue weighted by atomic mass is 10.1. The Morgan fingerprint density at radius 3 is 2.48 bits per heavy atom. The van der Waals surface area contributed by atoms with Gasteiger partial charge in [0.2, 0.25) is 0 Å². The number of ether oxygens (including phenoxy) is 2. The normalized spacial score (nSPS) is 10.2. The molecule has 0 heterocycles. The van der Waals surface area contributed by atoms with Crippen LogP contribution < -0.4 is 10.1 Å². The highest BCUT2D eigenvalue weighted by atomic mass is 16.5. The first-order valence-corrected chi connectivity index (χ1v) is 8.19. The lowest BCUT2D eigenvalue weighted by Gasteiger charge is -2.13. The van der Waals surface area contributed by atoms with Gasteiger partial charge in [-0.1, -0.05) is 12.1 Å². The molecule has 0 spiro atoms. The molecule has 2 aromatic rings. The second-order valence-corrected chi connectivity index (χ2v) is 5.78. The van der Waals surface area contributed by atoms with Crippen LogP contribution in [0.15, 0.2) is 36.4 Å². The second kappa shape index (κ2) is 8.33. The van der Waals surface area contributed by atoms with E-state index >= 15 is 0 Å². The monoisotopic (exact) mass is 341 g/mol. The molecule has 0 unspecified atom stereocenters. The predicted octanol–water partition coefficient (Wildman–Crippen LogP) is 3.81. The van der Waals surface area contributed by atoms with Gasteiger partial charge in [-0.2, -0.15) is 0 Å². The van der Waals surface area contributed by atoms with E-state index < -0.39 is 5.97 Å². The van der Waals surface area contributed by atoms with Gasteiger partial charge in [0.15, 0.2) is 6.61 Å². The second-order valence-electron chi connectivity index (χ2n) is 5.78. The van der Waals surface area contributed by atoms with Crippen molar-refractivity contribution in [1.29, 1.82) is 0 Å². The topological polar surface area (TPSA) is 64.6 Å². The van der Waals surface area contributed by atoms with Crippen LogP contribution in [-0.4, -0.2) is 25.1 Å². The maximum Gasteiger partial charge on any atom is 0.338 e. The number of carbonyl (C=O) groups is 2. The highest BCUT2D eigenvalue weighted by Gasteiger charge is 2.14. The molecule has 132 valence electrons. The van der Waals surface area contributed by atoms with Crippen molar-refractivity contribution in [2.75, 3.05) is 18.5 Å². The number of rotatable bonds is 6. The fourth-order valence-electron chi connectivity index (χ4n) is 2.34. The summed E-state index contributed by atoms with van der Waals surface area (Å²) in [6, 6.07) is 10.8. The predicted molar refractivity (Wildman–Crippen MR) is 97.2 cm³/mol. The third-order valence-electron chi connectivity index (χ3n) is 3.95. The molecule has 25 heavy (non-hydrogen) atoms. The summed E-state index contributed by atoms with van der Waals surface area (Å²) in [6.07, 6.45) is 0. The number of amides is 1. The van der Waals surface area contributed by atoms with E-state index in [0.717, 1.165) is 5.56 Å². The Morgan fingerprint density at radius 2 is 1.80 bits per heavy atom. The van der Waals surface area contributed by atoms with Crippen LogP contribution in [-0.2, 0) is 9.53 Å². The van der Waals surface area contributed by atoms with Crippen LogP contribution in [0.4, 0.5) is 5.69 Å². The summed E-state index contributed by atoms with van der Waals surface area (Å²) in [5, 5.41) is 2.77. The van der Waals surface area contributed by atoms with Crippen molar-refractivity contribution in [2.45, 2.75) is 27.7 Å². The van der Waals surface area contributed by atoms with E-state index in [1.807, 2.05) is 32.0 Å². The Morgan fingerprint density at radius 1 is 1.04 bits per heavy atom. The first-order chi connectivity index (χ1) is 11.9. The lowest BCUT2D eigenvalue weighted by molar-refractivity contribution is -0.118. The summed E-state index contributed by atoms with van der Waals surface area (Å²) >= 11 is 0. The highest BCUT2D eigenvalue weighted by molar-refractivity contribution is 5.97. The van der Waals surface area contributed by atoms with Crippen molar-refractivity contribution in [3.63, 3.8) is 0 Å². The number of benzene rings is 2. The molecule has 5 nitrogen and oxygen atoms in total. The average molecular weight is 341 g/mol. The van der Waals surface area contributed by atoms with Gasteiger partial charge in [0.1, 0.15) is 5.75 Å². The number of aryl methyl sites for hydroxylation is 2. The van der Waals surface area contributed by atoms with E-state index in [1.165, 1.54) is 5.56 Å². The van der Waals surface area contributed by atoms with E-state index in [-0.39, 0.29) is 12.5 Å². The van der Waals surface area contributed by atoms with Crippen molar-refractivity contribution in [2.24, 2.45) is 0 Å². The van der Waals surface area contributed by atoms with Crippen LogP contribution >= 0.6 is 0 Å². The standard InChI is InChI=1S/C20H23NO4/c1-5-24-20(23)17-7-6-8-18(15(17)4)21-19(22)12-25-16-10-9-13(2)14(3)11-16/h6-11H,5,12H2,1-4H3,(H,21,22). The largest absolute Gasteiger partial charge is 0.484 e. The molecule has 2 rings (SSSR count). The zero-order chi connectivity index (χ0) is 18.4. The average Bonchev–Trinajstić information content (AvgIpc) is 2.58. The summed E-state index contributed by atoms with van der Waals surface area (Å²) < 4.78 is 10.5. The summed E-state index contributed by atoms with van der Waals surface area (Å²) in [6.45, 7) is 7.73. The molecule has 2 aromatic carbocycles. The number of carbonyl (C=O) groups excluding carboxylic acids is 2. The maximum atomic E-state index is 12.1. The Balaban J connectivity index is 2.01. The minimum absolute atomic E-state index is 0.106. The Labute approximate surface area is 148 Å². The molecule has 0 bridgehead atoms. The summed E-state index contributed by atoms with van der Waals surface area (Å²) in [5.41, 5.74) is 3.95. The fourth-order valence-corrected chi connectivity index (χ4v) is 2.34. The molecule has 0 aliphatic rings. The minimum Gasteiger partial charge on any atom is -0.484 e. The van der Waals surface area contributed by atoms with E-state index in [4.69, 9.17) is 9.47 Å². The molecule has 0 saturated heterocycles. The number of hydrogen-bond donors (Lipinski definition) is 1. The van der Waals surface area contributed by atoms with Crippen LogP contribution in [0.3, 0.4) is 0 Å². The SMILES string of the molecule is CCOC(=O)c1cccc(NC(=O)COc2ccc(C)c(C)c2)c1C. The van der Waals surface area contributed by atoms with Gasteiger partial charge in [0, 0.05) is 5.69 Å². The van der Waals surface area contributed by atoms with Gasteiger partial charge in [0.05, 0.1) is 12.2 Å². The first kappa shape index (κ1) is 18.5. The molecule has 0 atom stereocenters. The third kappa shape index (κ3) is 4.83. The van der Waals surface area contributed by atoms with Crippen molar-refractivity contribution >= 4 is 17.6 Å². The van der Waals surface area contributed by atoms with Crippen molar-refractivity contribution < 1.29 is 19.1 Å². The summed E-state index contributed by atoms with van der Waals surface area (Å²) in [5.74, 6) is -0.0416. The van der Waals surface area contributed by atoms with Crippen LogP contribution in [0.5, 0.6) is 5.75 Å². The van der Waals surface area contributed by atoms with E-state index in [1.54, 1.807) is 32.0 Å². The number of nitrogens with one attached hydrogen (secondary N) is 1. The Bertz CT molecular complexity index is 783. The molecule has 0 aromatic heterocycles. The Kier molecular flexibility index (Phi) is 6.17.